The number of amides is 1. The zero-order chi connectivity index (χ0) is 21.8. The van der Waals surface area contributed by atoms with E-state index in [9.17, 15) is 13.2 Å². The molecule has 1 aromatic carbocycles. The van der Waals surface area contributed by atoms with Crippen molar-refractivity contribution >= 4 is 21.8 Å². The van der Waals surface area contributed by atoms with Gasteiger partial charge in [0.2, 0.25) is 0 Å². The van der Waals surface area contributed by atoms with Gasteiger partial charge in [0, 0.05) is 31.9 Å². The molecule has 0 atom stereocenters. The average molecular weight is 443 g/mol. The smallest absolute Gasteiger partial charge is 0.256 e. The van der Waals surface area contributed by atoms with Crippen molar-refractivity contribution in [2.24, 2.45) is 4.40 Å². The lowest BCUT2D eigenvalue weighted by atomic mass is 9.94. The number of hydrogen-bond donors (Lipinski definition) is 1. The Morgan fingerprint density at radius 3 is 2.68 bits per heavy atom. The van der Waals surface area contributed by atoms with Gasteiger partial charge < -0.3 is 10.2 Å². The van der Waals surface area contributed by atoms with E-state index in [0.29, 0.717) is 30.5 Å². The quantitative estimate of drug-likeness (QED) is 0.732. The molecular formula is C23H30N4O3S. The molecule has 1 aliphatic carbocycles. The summed E-state index contributed by atoms with van der Waals surface area (Å²) in [5.41, 5.74) is 2.85. The van der Waals surface area contributed by atoms with Crippen molar-refractivity contribution in [2.45, 2.75) is 51.2 Å². The summed E-state index contributed by atoms with van der Waals surface area (Å²) >= 11 is 0. The van der Waals surface area contributed by atoms with Crippen molar-refractivity contribution in [2.75, 3.05) is 19.3 Å². The third-order valence-electron chi connectivity index (χ3n) is 6.26. The first-order chi connectivity index (χ1) is 14.9. The van der Waals surface area contributed by atoms with Gasteiger partial charge in [-0.25, -0.2) is 8.42 Å². The molecule has 1 fully saturated rings. The largest absolute Gasteiger partial charge is 0.348 e. The lowest BCUT2D eigenvalue weighted by Crippen LogP contribution is -2.38. The molecule has 1 amide bonds. The van der Waals surface area contributed by atoms with Crippen molar-refractivity contribution in [3.8, 4) is 0 Å². The van der Waals surface area contributed by atoms with Crippen LogP contribution < -0.4 is 5.32 Å². The van der Waals surface area contributed by atoms with E-state index in [-0.39, 0.29) is 11.7 Å². The number of fused-ring (bicyclic) bond motifs is 1. The predicted octanol–water partition coefficient (Wildman–Crippen LogP) is 2.56. The second kappa shape index (κ2) is 9.36. The zero-order valence-corrected chi connectivity index (χ0v) is 18.8. The molecule has 31 heavy (non-hydrogen) atoms. The van der Waals surface area contributed by atoms with Crippen LogP contribution >= 0.6 is 0 Å². The highest BCUT2D eigenvalue weighted by Gasteiger charge is 2.25. The van der Waals surface area contributed by atoms with Crippen LogP contribution in [0.1, 0.15) is 43.2 Å². The standard InChI is InChI=1S/C23H30N4O3S/c1-26(21-9-3-2-4-10-21)16-19-8-6-5-7-18(19)15-24-23(28)20-11-12-22-25-31(29,30)14-13-27(22)17-20/h5-8,11-12,17,21H,2-4,9-10,13-16H2,1H3,(H,24,28). The lowest BCUT2D eigenvalue weighted by molar-refractivity contribution is -0.117. The van der Waals surface area contributed by atoms with Gasteiger partial charge in [-0.3, -0.25) is 9.69 Å². The van der Waals surface area contributed by atoms with Crippen LogP contribution in [0.15, 0.2) is 52.6 Å². The molecule has 8 heteroatoms. The van der Waals surface area contributed by atoms with Crippen LogP contribution in [-0.2, 0) is 27.9 Å². The van der Waals surface area contributed by atoms with Crippen LogP contribution in [0.3, 0.4) is 0 Å². The highest BCUT2D eigenvalue weighted by molar-refractivity contribution is 7.90. The number of carbonyl (C=O) groups excluding carboxylic acids is 1. The number of benzene rings is 1. The second-order valence-electron chi connectivity index (χ2n) is 8.51. The van der Waals surface area contributed by atoms with Gasteiger partial charge in [-0.1, -0.05) is 43.5 Å². The van der Waals surface area contributed by atoms with Gasteiger partial charge in [-0.05, 0) is 43.2 Å². The summed E-state index contributed by atoms with van der Waals surface area (Å²) in [6.07, 6.45) is 11.4. The lowest BCUT2D eigenvalue weighted by Gasteiger charge is -2.31. The fourth-order valence-corrected chi connectivity index (χ4v) is 5.39. The molecule has 0 unspecified atom stereocenters. The van der Waals surface area contributed by atoms with E-state index in [1.807, 2.05) is 12.1 Å². The Bertz CT molecular complexity index is 1020. The maximum atomic E-state index is 12.7. The number of nitrogens with one attached hydrogen (secondary N) is 1. The highest BCUT2D eigenvalue weighted by atomic mass is 32.2. The Labute approximate surface area is 184 Å². The fraction of sp³-hybridized carbons (Fsp3) is 0.478. The van der Waals surface area contributed by atoms with Crippen molar-refractivity contribution in [1.82, 2.24) is 15.1 Å². The molecular weight excluding hydrogens is 412 g/mol. The van der Waals surface area contributed by atoms with Crippen LogP contribution in [0.4, 0.5) is 0 Å². The molecule has 0 radical (unpaired) electrons. The van der Waals surface area contributed by atoms with Gasteiger partial charge in [0.1, 0.15) is 5.84 Å². The van der Waals surface area contributed by atoms with Crippen molar-refractivity contribution in [1.29, 1.82) is 0 Å². The number of amidine groups is 1. The van der Waals surface area contributed by atoms with Crippen LogP contribution in [0.2, 0.25) is 0 Å². The summed E-state index contributed by atoms with van der Waals surface area (Å²) in [6, 6.07) is 8.89. The zero-order valence-electron chi connectivity index (χ0n) is 18.0. The van der Waals surface area contributed by atoms with Crippen LogP contribution in [0.5, 0.6) is 0 Å². The average Bonchev–Trinajstić information content (AvgIpc) is 2.78. The Morgan fingerprint density at radius 1 is 1.16 bits per heavy atom. The Hall–Kier alpha value is -2.45. The maximum Gasteiger partial charge on any atom is 0.256 e. The normalized spacial score (nSPS) is 20.8. The van der Waals surface area contributed by atoms with E-state index in [4.69, 9.17) is 0 Å². The van der Waals surface area contributed by atoms with Gasteiger partial charge >= 0.3 is 0 Å². The highest BCUT2D eigenvalue weighted by Crippen LogP contribution is 2.24. The number of carbonyl (C=O) groups is 1. The molecule has 7 nitrogen and oxygen atoms in total. The SMILES string of the molecule is CN(Cc1ccccc1CNC(=O)C1=CN2CCS(=O)(=O)N=C2C=C1)C1CCCCC1. The molecule has 3 aliphatic rings. The summed E-state index contributed by atoms with van der Waals surface area (Å²) in [6.45, 7) is 1.63. The van der Waals surface area contributed by atoms with Gasteiger partial charge in [-0.2, -0.15) is 0 Å². The van der Waals surface area contributed by atoms with E-state index in [0.717, 1.165) is 12.1 Å². The third-order valence-corrected chi connectivity index (χ3v) is 7.43. The van der Waals surface area contributed by atoms with Gasteiger partial charge in [-0.15, -0.1) is 4.40 Å². The van der Waals surface area contributed by atoms with Gasteiger partial charge in [0.25, 0.3) is 15.9 Å². The number of sulfonamides is 1. The summed E-state index contributed by atoms with van der Waals surface area (Å²) in [4.78, 5) is 16.9. The van der Waals surface area contributed by atoms with E-state index in [1.165, 1.54) is 37.7 Å². The summed E-state index contributed by atoms with van der Waals surface area (Å²) in [5.74, 6) is 0.135. The predicted molar refractivity (Wildman–Crippen MR) is 122 cm³/mol. The Kier molecular flexibility index (Phi) is 6.57. The molecule has 0 aromatic heterocycles. The van der Waals surface area contributed by atoms with Gasteiger partial charge in [0.05, 0.1) is 11.3 Å². The minimum Gasteiger partial charge on any atom is -0.348 e. The first-order valence-electron chi connectivity index (χ1n) is 11.0. The minimum atomic E-state index is -3.40. The topological polar surface area (TPSA) is 82.1 Å². The summed E-state index contributed by atoms with van der Waals surface area (Å²) < 4.78 is 27.0. The number of hydrogen-bond acceptors (Lipinski definition) is 5. The Balaban J connectivity index is 1.38. The number of rotatable bonds is 6. The maximum absolute atomic E-state index is 12.7. The molecule has 1 saturated carbocycles. The Morgan fingerprint density at radius 2 is 1.90 bits per heavy atom. The van der Waals surface area contributed by atoms with E-state index in [1.54, 1.807) is 23.3 Å². The minimum absolute atomic E-state index is 0.0440. The molecule has 1 aromatic rings. The molecule has 0 spiro atoms. The van der Waals surface area contributed by atoms with Crippen molar-refractivity contribution in [3.05, 3.63) is 59.3 Å². The second-order valence-corrected chi connectivity index (χ2v) is 10.3. The molecule has 2 aliphatic heterocycles. The van der Waals surface area contributed by atoms with E-state index < -0.39 is 10.0 Å². The molecule has 4 rings (SSSR count). The van der Waals surface area contributed by atoms with Crippen LogP contribution in [0.25, 0.3) is 0 Å². The van der Waals surface area contributed by atoms with Crippen LogP contribution in [0, 0.1) is 0 Å². The monoisotopic (exact) mass is 442 g/mol. The molecule has 2 heterocycles. The number of nitrogens with zero attached hydrogens (tertiary/aromatic N) is 3. The van der Waals surface area contributed by atoms with Gasteiger partial charge in [0.15, 0.2) is 0 Å². The van der Waals surface area contributed by atoms with E-state index >= 15 is 0 Å². The molecule has 0 bridgehead atoms. The van der Waals surface area contributed by atoms with Crippen LogP contribution in [-0.4, -0.2) is 55.3 Å². The first-order valence-corrected chi connectivity index (χ1v) is 12.6. The summed E-state index contributed by atoms with van der Waals surface area (Å²) in [5, 5.41) is 3.01. The molecule has 166 valence electrons. The first kappa shape index (κ1) is 21.8. The molecule has 0 saturated heterocycles. The molecule has 1 N–H and O–H groups in total. The van der Waals surface area contributed by atoms with E-state index in [2.05, 4.69) is 33.8 Å². The fourth-order valence-electron chi connectivity index (χ4n) is 4.42. The third kappa shape index (κ3) is 5.43. The van der Waals surface area contributed by atoms with Crippen molar-refractivity contribution in [3.63, 3.8) is 0 Å². The van der Waals surface area contributed by atoms with Crippen molar-refractivity contribution < 1.29 is 13.2 Å². The summed E-state index contributed by atoms with van der Waals surface area (Å²) in [7, 11) is -1.20.